The molecule has 2 saturated heterocycles. The molecule has 2 aliphatic rings. The van der Waals surface area contributed by atoms with Crippen molar-refractivity contribution in [2.75, 3.05) is 41.3 Å². The van der Waals surface area contributed by atoms with Crippen LogP contribution in [0.3, 0.4) is 0 Å². The number of aromatic nitrogens is 1. The quantitative estimate of drug-likeness (QED) is 0.183. The Hall–Kier alpha value is -3.08. The molecule has 1 aromatic heterocycles. The number of aliphatic hydroxyl groups is 3. The number of esters is 1. The molecule has 14 nitrogen and oxygen atoms in total. The first-order valence-corrected chi connectivity index (χ1v) is 19.8. The van der Waals surface area contributed by atoms with Gasteiger partial charge < -0.3 is 54.2 Å². The van der Waals surface area contributed by atoms with E-state index in [2.05, 4.69) is 16.4 Å². The van der Waals surface area contributed by atoms with Crippen molar-refractivity contribution in [2.45, 2.75) is 133 Å². The summed E-state index contributed by atoms with van der Waals surface area (Å²) in [5.41, 5.74) is 2.12. The highest BCUT2D eigenvalue weighted by Crippen LogP contribution is 2.34. The lowest BCUT2D eigenvalue weighted by atomic mass is 9.82. The van der Waals surface area contributed by atoms with Crippen LogP contribution in [0.1, 0.15) is 71.3 Å². The van der Waals surface area contributed by atoms with E-state index in [0.717, 1.165) is 30.0 Å². The average molecular weight is 773 g/mol. The Morgan fingerprint density at radius 3 is 2.56 bits per heavy atom. The maximum Gasteiger partial charge on any atom is 0.305 e. The number of methoxy groups -OCH3 is 1. The van der Waals surface area contributed by atoms with Gasteiger partial charge in [-0.1, -0.05) is 32.0 Å². The molecule has 1 aromatic carbocycles. The van der Waals surface area contributed by atoms with Crippen LogP contribution < -0.4 is 5.32 Å². The number of ether oxygens (including phenoxy) is 4. The highest BCUT2D eigenvalue weighted by molar-refractivity contribution is 5.81. The summed E-state index contributed by atoms with van der Waals surface area (Å²) < 4.78 is 24.6. The highest BCUT2D eigenvalue weighted by Gasteiger charge is 2.48. The second-order valence-electron chi connectivity index (χ2n) is 15.7. The van der Waals surface area contributed by atoms with E-state index in [1.54, 1.807) is 32.8 Å². The number of amides is 1. The fourth-order valence-corrected chi connectivity index (χ4v) is 8.08. The number of nitrogens with one attached hydrogen (secondary N) is 1. The Kier molecular flexibility index (Phi) is 17.4. The van der Waals surface area contributed by atoms with Gasteiger partial charge in [-0.3, -0.25) is 14.6 Å². The predicted octanol–water partition coefficient (Wildman–Crippen LogP) is 2.48. The lowest BCUT2D eigenvalue weighted by Crippen LogP contribution is -2.63. The van der Waals surface area contributed by atoms with Gasteiger partial charge in [-0.05, 0) is 96.2 Å². The first kappa shape index (κ1) is 44.6. The first-order valence-electron chi connectivity index (χ1n) is 19.8. The number of pyridine rings is 1. The van der Waals surface area contributed by atoms with Crippen LogP contribution in [0.2, 0.25) is 0 Å². The summed E-state index contributed by atoms with van der Waals surface area (Å²) in [5.74, 6) is -1.81. The van der Waals surface area contributed by atoms with Crippen molar-refractivity contribution in [3.05, 3.63) is 42.1 Å². The molecule has 0 spiro atoms. The van der Waals surface area contributed by atoms with E-state index >= 15 is 0 Å². The van der Waals surface area contributed by atoms with E-state index in [4.69, 9.17) is 18.9 Å². The maximum atomic E-state index is 14.0. The average Bonchev–Trinajstić information content (AvgIpc) is 3.15. The zero-order chi connectivity index (χ0) is 40.2. The van der Waals surface area contributed by atoms with Crippen molar-refractivity contribution in [1.82, 2.24) is 20.1 Å². The summed E-state index contributed by atoms with van der Waals surface area (Å²) in [6.45, 7) is 6.21. The Balaban J connectivity index is 1.67. The lowest BCUT2D eigenvalue weighted by Gasteiger charge is -2.47. The summed E-state index contributed by atoms with van der Waals surface area (Å²) >= 11 is 0. The minimum absolute atomic E-state index is 0.00892. The number of carbonyl (C=O) groups excluding carboxylic acids is 3. The number of aliphatic hydroxyl groups excluding tert-OH is 3. The van der Waals surface area contributed by atoms with Crippen molar-refractivity contribution >= 4 is 29.1 Å². The number of aldehydes is 1. The van der Waals surface area contributed by atoms with Crippen molar-refractivity contribution in [3.8, 4) is 0 Å². The van der Waals surface area contributed by atoms with Crippen molar-refractivity contribution in [2.24, 2.45) is 11.8 Å². The first-order chi connectivity index (χ1) is 26.3. The molecule has 4 rings (SSSR count). The van der Waals surface area contributed by atoms with Crippen LogP contribution in [0, 0.1) is 11.8 Å². The molecule has 4 N–H and O–H groups in total. The molecule has 0 radical (unpaired) electrons. The molecule has 55 heavy (non-hydrogen) atoms. The van der Waals surface area contributed by atoms with Gasteiger partial charge in [-0.2, -0.15) is 0 Å². The third-order valence-electron chi connectivity index (χ3n) is 11.3. The Morgan fingerprint density at radius 2 is 1.87 bits per heavy atom. The molecule has 14 heteroatoms. The number of fused-ring (bicyclic) bond motifs is 1. The number of β-amino-alcohol motifs (C(OH)–C–C–N with tert-alkyl or cyclic N) is 1. The Labute approximate surface area is 325 Å². The SMILES string of the molecule is CCC(=O)O[C@@H]1CC(=O)NC(CCCc2ccnc3ccccc23)CCN(C)C[C@H](O)[C@H](C)C[C@H](CC=O)[C@H](O[C@@H]2OC(C)[C@@H](O)C(N(C)C)C2O)[C@H]1OC. The van der Waals surface area contributed by atoms with Gasteiger partial charge in [-0.25, -0.2) is 0 Å². The third-order valence-corrected chi connectivity index (χ3v) is 11.3. The van der Waals surface area contributed by atoms with E-state index < -0.39 is 66.9 Å². The number of nitrogens with zero attached hydrogens (tertiary/aromatic N) is 3. The maximum absolute atomic E-state index is 14.0. The van der Waals surface area contributed by atoms with Crippen molar-refractivity contribution in [1.29, 1.82) is 0 Å². The monoisotopic (exact) mass is 772 g/mol. The molecule has 3 heterocycles. The zero-order valence-electron chi connectivity index (χ0n) is 33.6. The van der Waals surface area contributed by atoms with E-state index in [1.807, 2.05) is 49.3 Å². The molecule has 2 fully saturated rings. The highest BCUT2D eigenvalue weighted by atomic mass is 16.7. The molecule has 4 unspecified atom stereocenters. The minimum atomic E-state index is -1.31. The normalized spacial score (nSPS) is 33.4. The number of para-hydroxylation sites is 1. The van der Waals surface area contributed by atoms with Crippen LogP contribution in [0.25, 0.3) is 10.9 Å². The smallest absolute Gasteiger partial charge is 0.305 e. The number of rotatable bonds is 12. The summed E-state index contributed by atoms with van der Waals surface area (Å²) in [6, 6.07) is 9.09. The van der Waals surface area contributed by atoms with Gasteiger partial charge in [-0.15, -0.1) is 0 Å². The van der Waals surface area contributed by atoms with Crippen LogP contribution in [0.5, 0.6) is 0 Å². The van der Waals surface area contributed by atoms with E-state index in [0.29, 0.717) is 32.4 Å². The number of benzene rings is 1. The van der Waals surface area contributed by atoms with E-state index in [1.165, 1.54) is 12.7 Å². The van der Waals surface area contributed by atoms with Gasteiger partial charge >= 0.3 is 5.97 Å². The molecule has 2 aromatic rings. The van der Waals surface area contributed by atoms with E-state index in [-0.39, 0.29) is 37.1 Å². The molecular formula is C41H64N4O10. The van der Waals surface area contributed by atoms with Gasteiger partial charge in [0.05, 0.1) is 42.4 Å². The standard InChI is InChI=1S/C41H64N4O10/c1-8-35(49)54-33-23-34(48)43-29(13-11-12-27-16-19-42-31-15-10-9-14-30(27)31)17-20-45(6)24-32(47)25(2)22-28(18-21-46)39(40(33)52-7)55-41-38(51)36(44(4)5)37(50)26(3)53-41/h9-10,14-16,19,21,25-26,28-29,32-33,36-41,47,50-51H,8,11-13,17-18,20,22-24H2,1-7H3,(H,43,48)/t25-,26?,28+,29?,32+,33-,36?,37-,38?,39+,40+,41+/m1/s1. The largest absolute Gasteiger partial charge is 0.459 e. The predicted molar refractivity (Wildman–Crippen MR) is 207 cm³/mol. The number of hydrogen-bond acceptors (Lipinski definition) is 13. The van der Waals surface area contributed by atoms with Crippen LogP contribution in [0.15, 0.2) is 36.5 Å². The summed E-state index contributed by atoms with van der Waals surface area (Å²) in [5, 5.41) is 38.1. The topological polar surface area (TPSA) is 180 Å². The summed E-state index contributed by atoms with van der Waals surface area (Å²) in [4.78, 5) is 47.4. The number of aryl methyl sites for hydroxylation is 1. The zero-order valence-corrected chi connectivity index (χ0v) is 33.6. The Morgan fingerprint density at radius 1 is 1.13 bits per heavy atom. The third kappa shape index (κ3) is 12.2. The van der Waals surface area contributed by atoms with Crippen molar-refractivity contribution in [3.63, 3.8) is 0 Å². The number of hydrogen-bond donors (Lipinski definition) is 4. The fourth-order valence-electron chi connectivity index (χ4n) is 8.08. The second-order valence-corrected chi connectivity index (χ2v) is 15.7. The van der Waals surface area contributed by atoms with Crippen LogP contribution >= 0.6 is 0 Å². The van der Waals surface area contributed by atoms with E-state index in [9.17, 15) is 29.7 Å². The van der Waals surface area contributed by atoms with Gasteiger partial charge in [0.15, 0.2) is 6.29 Å². The molecule has 0 bridgehead atoms. The summed E-state index contributed by atoms with van der Waals surface area (Å²) in [7, 11) is 6.82. The minimum Gasteiger partial charge on any atom is -0.459 e. The van der Waals surface area contributed by atoms with Gasteiger partial charge in [0.2, 0.25) is 5.91 Å². The molecule has 12 atom stereocenters. The molecule has 0 aliphatic carbocycles. The number of likely N-dealkylation sites (N-methyl/N-ethyl adjacent to an activating group) is 2. The molecule has 1 amide bonds. The molecule has 2 aliphatic heterocycles. The lowest BCUT2D eigenvalue weighted by molar-refractivity contribution is -0.309. The van der Waals surface area contributed by atoms with Crippen LogP contribution in [-0.4, -0.2) is 151 Å². The molecule has 308 valence electrons. The van der Waals surface area contributed by atoms with Gasteiger partial charge in [0.1, 0.15) is 24.6 Å². The van der Waals surface area contributed by atoms with Gasteiger partial charge in [0.25, 0.3) is 0 Å². The summed E-state index contributed by atoms with van der Waals surface area (Å²) in [6.07, 6.45) is -2.79. The number of carbonyl (C=O) groups is 3. The van der Waals surface area contributed by atoms with Gasteiger partial charge in [0, 0.05) is 44.1 Å². The fraction of sp³-hybridized carbons (Fsp3) is 0.707. The van der Waals surface area contributed by atoms with Crippen LogP contribution in [0.4, 0.5) is 0 Å². The Bertz CT molecular complexity index is 1510. The van der Waals surface area contributed by atoms with Crippen LogP contribution in [-0.2, 0) is 39.8 Å². The molecular weight excluding hydrogens is 708 g/mol. The molecule has 0 saturated carbocycles. The van der Waals surface area contributed by atoms with Crippen molar-refractivity contribution < 1.29 is 48.7 Å². The second kappa shape index (κ2) is 21.4.